The maximum Gasteiger partial charge on any atom is 0.255 e. The van der Waals surface area contributed by atoms with Crippen molar-refractivity contribution in [1.82, 2.24) is 4.90 Å². The van der Waals surface area contributed by atoms with Crippen molar-refractivity contribution >= 4 is 33.4 Å². The lowest BCUT2D eigenvalue weighted by Crippen LogP contribution is -2.43. The van der Waals surface area contributed by atoms with Crippen LogP contribution in [-0.4, -0.2) is 35.1 Å². The van der Waals surface area contributed by atoms with Crippen LogP contribution in [0, 0.1) is 5.92 Å². The fraction of sp³-hybridized carbons (Fsp3) is 0.500. The summed E-state index contributed by atoms with van der Waals surface area (Å²) in [4.78, 5) is 14.3. The molecule has 0 bridgehead atoms. The molecule has 0 spiro atoms. The van der Waals surface area contributed by atoms with E-state index in [-0.39, 0.29) is 17.9 Å². The molecule has 104 valence electrons. The molecule has 1 aliphatic rings. The number of nitrogens with zero attached hydrogens (tertiary/aromatic N) is 1. The Morgan fingerprint density at radius 2 is 2.32 bits per heavy atom. The normalized spacial score (nSPS) is 21.3. The Balaban J connectivity index is 2.15. The molecule has 1 saturated heterocycles. The number of rotatable bonds is 2. The van der Waals surface area contributed by atoms with Crippen LogP contribution in [-0.2, 0) is 0 Å². The van der Waals surface area contributed by atoms with Gasteiger partial charge in [0.15, 0.2) is 0 Å². The summed E-state index contributed by atoms with van der Waals surface area (Å²) in [6, 6.07) is 5.18. The number of carbonyl (C=O) groups is 1. The second-order valence-corrected chi connectivity index (χ2v) is 6.31. The molecular formula is C14H17BrClNO2. The van der Waals surface area contributed by atoms with Gasteiger partial charge >= 0.3 is 0 Å². The van der Waals surface area contributed by atoms with Crippen LogP contribution in [0.2, 0.25) is 5.02 Å². The SMILES string of the molecule is CC(O)C1CCCN(C(=O)c2ccc(Cl)cc2Br)C1. The summed E-state index contributed by atoms with van der Waals surface area (Å²) < 4.78 is 0.712. The Bertz CT molecular complexity index is 479. The Morgan fingerprint density at radius 1 is 1.58 bits per heavy atom. The zero-order valence-corrected chi connectivity index (χ0v) is 13.1. The minimum Gasteiger partial charge on any atom is -0.393 e. The lowest BCUT2D eigenvalue weighted by molar-refractivity contribution is 0.0465. The number of piperidine rings is 1. The highest BCUT2D eigenvalue weighted by Gasteiger charge is 2.27. The lowest BCUT2D eigenvalue weighted by atomic mass is 9.93. The molecule has 2 atom stereocenters. The van der Waals surface area contributed by atoms with E-state index in [9.17, 15) is 9.90 Å². The van der Waals surface area contributed by atoms with Crippen LogP contribution < -0.4 is 0 Å². The van der Waals surface area contributed by atoms with E-state index < -0.39 is 0 Å². The molecule has 1 aliphatic heterocycles. The first-order valence-corrected chi connectivity index (χ1v) is 7.58. The summed E-state index contributed by atoms with van der Waals surface area (Å²) in [6.07, 6.45) is 1.54. The standard InChI is InChI=1S/C14H17BrClNO2/c1-9(18)10-3-2-6-17(8-10)14(19)12-5-4-11(16)7-13(12)15/h4-5,7,9-10,18H,2-3,6,8H2,1H3. The molecule has 2 unspecified atom stereocenters. The molecule has 5 heteroatoms. The van der Waals surface area contributed by atoms with Crippen LogP contribution in [0.25, 0.3) is 0 Å². The van der Waals surface area contributed by atoms with Crippen molar-refractivity contribution in [2.24, 2.45) is 5.92 Å². The summed E-state index contributed by atoms with van der Waals surface area (Å²) in [5, 5.41) is 10.3. The topological polar surface area (TPSA) is 40.5 Å². The molecule has 1 heterocycles. The summed E-state index contributed by atoms with van der Waals surface area (Å²) >= 11 is 9.26. The van der Waals surface area contributed by atoms with Gasteiger partial charge in [0, 0.05) is 28.5 Å². The van der Waals surface area contributed by atoms with Crippen molar-refractivity contribution in [1.29, 1.82) is 0 Å². The van der Waals surface area contributed by atoms with E-state index in [4.69, 9.17) is 11.6 Å². The molecule has 3 nitrogen and oxygen atoms in total. The Kier molecular flexibility index (Phi) is 4.87. The van der Waals surface area contributed by atoms with Crippen LogP contribution in [0.1, 0.15) is 30.1 Å². The van der Waals surface area contributed by atoms with Crippen molar-refractivity contribution in [2.45, 2.75) is 25.9 Å². The zero-order valence-electron chi connectivity index (χ0n) is 10.8. The quantitative estimate of drug-likeness (QED) is 0.892. The molecule has 1 N–H and O–H groups in total. The molecule has 1 aromatic rings. The first kappa shape index (κ1) is 14.8. The number of likely N-dealkylation sites (tertiary alicyclic amines) is 1. The molecular weight excluding hydrogens is 330 g/mol. The van der Waals surface area contributed by atoms with Gasteiger partial charge in [-0.15, -0.1) is 0 Å². The number of hydrogen-bond donors (Lipinski definition) is 1. The van der Waals surface area contributed by atoms with E-state index in [0.29, 0.717) is 21.6 Å². The minimum atomic E-state index is -0.371. The van der Waals surface area contributed by atoms with E-state index >= 15 is 0 Å². The van der Waals surface area contributed by atoms with Crippen molar-refractivity contribution in [3.05, 3.63) is 33.3 Å². The first-order chi connectivity index (χ1) is 8.99. The van der Waals surface area contributed by atoms with Gasteiger partial charge in [-0.1, -0.05) is 11.6 Å². The highest BCUT2D eigenvalue weighted by Crippen LogP contribution is 2.26. The minimum absolute atomic E-state index is 0.00566. The predicted octanol–water partition coefficient (Wildman–Crippen LogP) is 3.34. The largest absolute Gasteiger partial charge is 0.393 e. The fourth-order valence-corrected chi connectivity index (χ4v) is 3.27. The lowest BCUT2D eigenvalue weighted by Gasteiger charge is -2.34. The molecule has 0 saturated carbocycles. The second-order valence-electron chi connectivity index (χ2n) is 5.02. The van der Waals surface area contributed by atoms with Gasteiger partial charge in [-0.2, -0.15) is 0 Å². The summed E-state index contributed by atoms with van der Waals surface area (Å²) in [7, 11) is 0. The van der Waals surface area contributed by atoms with E-state index in [1.807, 2.05) is 4.90 Å². The maximum atomic E-state index is 12.5. The molecule has 1 fully saturated rings. The second kappa shape index (κ2) is 6.25. The highest BCUT2D eigenvalue weighted by molar-refractivity contribution is 9.10. The average molecular weight is 347 g/mol. The van der Waals surface area contributed by atoms with Crippen molar-refractivity contribution in [2.75, 3.05) is 13.1 Å². The van der Waals surface area contributed by atoms with Gasteiger partial charge in [-0.05, 0) is 53.9 Å². The van der Waals surface area contributed by atoms with Crippen LogP contribution in [0.3, 0.4) is 0 Å². The fourth-order valence-electron chi connectivity index (χ4n) is 2.42. The number of aliphatic hydroxyl groups is 1. The molecule has 19 heavy (non-hydrogen) atoms. The molecule has 1 amide bonds. The van der Waals surface area contributed by atoms with Crippen LogP contribution in [0.5, 0.6) is 0 Å². The van der Waals surface area contributed by atoms with E-state index in [0.717, 1.165) is 19.4 Å². The van der Waals surface area contributed by atoms with E-state index in [2.05, 4.69) is 15.9 Å². The van der Waals surface area contributed by atoms with Gasteiger partial charge in [0.2, 0.25) is 0 Å². The number of benzene rings is 1. The van der Waals surface area contributed by atoms with Crippen molar-refractivity contribution < 1.29 is 9.90 Å². The molecule has 0 aliphatic carbocycles. The highest BCUT2D eigenvalue weighted by atomic mass is 79.9. The number of carbonyl (C=O) groups excluding carboxylic acids is 1. The number of hydrogen-bond acceptors (Lipinski definition) is 2. The Morgan fingerprint density at radius 3 is 2.95 bits per heavy atom. The third-order valence-corrected chi connectivity index (χ3v) is 4.48. The number of amides is 1. The van der Waals surface area contributed by atoms with Crippen LogP contribution >= 0.6 is 27.5 Å². The molecule has 1 aromatic carbocycles. The van der Waals surface area contributed by atoms with Crippen LogP contribution in [0.4, 0.5) is 0 Å². The zero-order chi connectivity index (χ0) is 14.0. The van der Waals surface area contributed by atoms with Crippen molar-refractivity contribution in [3.8, 4) is 0 Å². The smallest absolute Gasteiger partial charge is 0.255 e. The van der Waals surface area contributed by atoms with Gasteiger partial charge in [0.1, 0.15) is 0 Å². The van der Waals surface area contributed by atoms with Crippen molar-refractivity contribution in [3.63, 3.8) is 0 Å². The molecule has 0 radical (unpaired) electrons. The van der Waals surface area contributed by atoms with Gasteiger partial charge in [-0.25, -0.2) is 0 Å². The average Bonchev–Trinajstić information content (AvgIpc) is 2.38. The first-order valence-electron chi connectivity index (χ1n) is 6.41. The third kappa shape index (κ3) is 3.50. The maximum absolute atomic E-state index is 12.5. The summed E-state index contributed by atoms with van der Waals surface area (Å²) in [5.74, 6) is 0.165. The summed E-state index contributed by atoms with van der Waals surface area (Å²) in [6.45, 7) is 3.15. The predicted molar refractivity (Wildman–Crippen MR) is 79.5 cm³/mol. The van der Waals surface area contributed by atoms with Gasteiger partial charge in [-0.3, -0.25) is 4.79 Å². The molecule has 0 aromatic heterocycles. The number of halogens is 2. The van der Waals surface area contributed by atoms with Gasteiger partial charge in [0.25, 0.3) is 5.91 Å². The van der Waals surface area contributed by atoms with E-state index in [1.54, 1.807) is 25.1 Å². The summed E-state index contributed by atoms with van der Waals surface area (Å²) in [5.41, 5.74) is 0.621. The van der Waals surface area contributed by atoms with E-state index in [1.165, 1.54) is 0 Å². The number of aliphatic hydroxyl groups excluding tert-OH is 1. The van der Waals surface area contributed by atoms with Gasteiger partial charge < -0.3 is 10.0 Å². The Labute approximate surface area is 126 Å². The monoisotopic (exact) mass is 345 g/mol. The Hall–Kier alpha value is -0.580. The molecule has 2 rings (SSSR count). The van der Waals surface area contributed by atoms with Gasteiger partial charge in [0.05, 0.1) is 11.7 Å². The third-order valence-electron chi connectivity index (χ3n) is 3.59. The van der Waals surface area contributed by atoms with Crippen LogP contribution in [0.15, 0.2) is 22.7 Å².